The summed E-state index contributed by atoms with van der Waals surface area (Å²) < 4.78 is 23.6. The van der Waals surface area contributed by atoms with E-state index in [1.54, 1.807) is 0 Å². The lowest BCUT2D eigenvalue weighted by Crippen LogP contribution is -2.10. The number of methoxy groups -OCH3 is 1. The van der Waals surface area contributed by atoms with Crippen molar-refractivity contribution in [3.8, 4) is 17.6 Å². The molecule has 0 unspecified atom stereocenters. The molecule has 0 heterocycles. The van der Waals surface area contributed by atoms with Gasteiger partial charge < -0.3 is 9.47 Å². The zero-order valence-corrected chi connectivity index (χ0v) is 12.7. The van der Waals surface area contributed by atoms with Crippen LogP contribution in [-0.2, 0) is 0 Å². The van der Waals surface area contributed by atoms with Crippen molar-refractivity contribution in [3.63, 3.8) is 0 Å². The minimum absolute atomic E-state index is 0.0380. The number of hydrogen-bond donors (Lipinski definition) is 0. The molecular formula is C15H8Cl2FNO3. The largest absolute Gasteiger partial charge is 0.493 e. The number of rotatable bonds is 3. The molecule has 0 bridgehead atoms. The summed E-state index contributed by atoms with van der Waals surface area (Å²) in [5, 5.41) is 8.58. The molecule has 0 aromatic heterocycles. The van der Waals surface area contributed by atoms with Crippen molar-refractivity contribution in [2.75, 3.05) is 7.11 Å². The molecule has 2 rings (SSSR count). The number of hydrogen-bond acceptors (Lipinski definition) is 4. The van der Waals surface area contributed by atoms with E-state index in [-0.39, 0.29) is 27.1 Å². The second-order valence-electron chi connectivity index (χ2n) is 4.11. The lowest BCUT2D eigenvalue weighted by atomic mass is 10.2. The van der Waals surface area contributed by atoms with E-state index in [4.69, 9.17) is 37.9 Å². The number of nitriles is 1. The van der Waals surface area contributed by atoms with Gasteiger partial charge in [-0.1, -0.05) is 23.2 Å². The molecule has 0 spiro atoms. The maximum atomic E-state index is 13.4. The van der Waals surface area contributed by atoms with E-state index in [0.717, 1.165) is 12.1 Å². The van der Waals surface area contributed by atoms with Crippen LogP contribution in [0.25, 0.3) is 0 Å². The first kappa shape index (κ1) is 16.1. The quantitative estimate of drug-likeness (QED) is 0.477. The fourth-order valence-electron chi connectivity index (χ4n) is 1.66. The molecule has 0 saturated heterocycles. The average Bonchev–Trinajstić information content (AvgIpc) is 2.51. The third-order valence-corrected chi connectivity index (χ3v) is 3.33. The van der Waals surface area contributed by atoms with Gasteiger partial charge in [-0.05, 0) is 24.3 Å². The zero-order chi connectivity index (χ0) is 16.3. The van der Waals surface area contributed by atoms with Crippen LogP contribution in [-0.4, -0.2) is 13.1 Å². The van der Waals surface area contributed by atoms with Gasteiger partial charge in [-0.25, -0.2) is 9.18 Å². The highest BCUT2D eigenvalue weighted by Gasteiger charge is 2.18. The van der Waals surface area contributed by atoms with Gasteiger partial charge >= 0.3 is 5.97 Å². The van der Waals surface area contributed by atoms with E-state index in [9.17, 15) is 9.18 Å². The Labute approximate surface area is 135 Å². The second-order valence-corrected chi connectivity index (χ2v) is 4.93. The monoisotopic (exact) mass is 339 g/mol. The molecular weight excluding hydrogens is 332 g/mol. The zero-order valence-electron chi connectivity index (χ0n) is 11.2. The third kappa shape index (κ3) is 3.30. The number of ether oxygens (including phenoxy) is 2. The standard InChI is InChI=1S/C15H8Cl2FNO3/c1-21-14-4-8(7-19)2-3-13(14)22-15(20)9-5-12(18)11(17)6-10(9)16/h2-6H,1H3. The van der Waals surface area contributed by atoms with E-state index < -0.39 is 11.8 Å². The van der Waals surface area contributed by atoms with Crippen molar-refractivity contribution < 1.29 is 18.7 Å². The molecule has 0 aliphatic rings. The highest BCUT2D eigenvalue weighted by Crippen LogP contribution is 2.30. The predicted octanol–water partition coefficient (Wildman–Crippen LogP) is 4.23. The van der Waals surface area contributed by atoms with Crippen molar-refractivity contribution in [2.45, 2.75) is 0 Å². The van der Waals surface area contributed by atoms with E-state index in [0.29, 0.717) is 5.56 Å². The molecule has 0 amide bonds. The minimum atomic E-state index is -0.872. The Morgan fingerprint density at radius 1 is 1.18 bits per heavy atom. The Kier molecular flexibility index (Phi) is 4.86. The molecule has 0 aliphatic carbocycles. The van der Waals surface area contributed by atoms with E-state index in [1.807, 2.05) is 6.07 Å². The molecule has 0 N–H and O–H groups in total. The lowest BCUT2D eigenvalue weighted by Gasteiger charge is -2.10. The van der Waals surface area contributed by atoms with Gasteiger partial charge in [-0.15, -0.1) is 0 Å². The average molecular weight is 340 g/mol. The molecule has 0 radical (unpaired) electrons. The first-order chi connectivity index (χ1) is 10.5. The van der Waals surface area contributed by atoms with Crippen molar-refractivity contribution in [2.24, 2.45) is 0 Å². The summed E-state index contributed by atoms with van der Waals surface area (Å²) in [6.45, 7) is 0. The number of halogens is 3. The van der Waals surface area contributed by atoms with Crippen LogP contribution in [0.2, 0.25) is 10.0 Å². The van der Waals surface area contributed by atoms with Crippen LogP contribution < -0.4 is 9.47 Å². The number of carbonyl (C=O) groups excluding carboxylic acids is 1. The number of esters is 1. The van der Waals surface area contributed by atoms with Gasteiger partial charge in [0.05, 0.1) is 34.4 Å². The second kappa shape index (κ2) is 6.65. The molecule has 22 heavy (non-hydrogen) atoms. The number of nitrogens with zero attached hydrogens (tertiary/aromatic N) is 1. The smallest absolute Gasteiger partial charge is 0.345 e. The Hall–Kier alpha value is -2.29. The number of benzene rings is 2. The number of carbonyl (C=O) groups is 1. The Morgan fingerprint density at radius 2 is 1.91 bits per heavy atom. The van der Waals surface area contributed by atoms with Crippen LogP contribution >= 0.6 is 23.2 Å². The van der Waals surface area contributed by atoms with Crippen molar-refractivity contribution in [1.82, 2.24) is 0 Å². The molecule has 0 atom stereocenters. The Morgan fingerprint density at radius 3 is 2.55 bits per heavy atom. The van der Waals surface area contributed by atoms with Gasteiger partial charge in [0.2, 0.25) is 0 Å². The van der Waals surface area contributed by atoms with Crippen LogP contribution in [0.1, 0.15) is 15.9 Å². The molecule has 0 saturated carbocycles. The van der Waals surface area contributed by atoms with Gasteiger partial charge in [0.1, 0.15) is 5.82 Å². The molecule has 0 aliphatic heterocycles. The van der Waals surface area contributed by atoms with E-state index in [1.165, 1.54) is 25.3 Å². The van der Waals surface area contributed by atoms with Crippen LogP contribution in [0.4, 0.5) is 4.39 Å². The lowest BCUT2D eigenvalue weighted by molar-refractivity contribution is 0.0729. The highest BCUT2D eigenvalue weighted by molar-refractivity contribution is 6.36. The molecule has 7 heteroatoms. The van der Waals surface area contributed by atoms with Gasteiger partial charge in [-0.2, -0.15) is 5.26 Å². The minimum Gasteiger partial charge on any atom is -0.493 e. The summed E-state index contributed by atoms with van der Waals surface area (Å²) in [4.78, 5) is 12.1. The van der Waals surface area contributed by atoms with Gasteiger partial charge in [0.25, 0.3) is 0 Å². The van der Waals surface area contributed by atoms with Crippen molar-refractivity contribution >= 4 is 29.2 Å². The summed E-state index contributed by atoms with van der Waals surface area (Å²) in [7, 11) is 1.36. The fraction of sp³-hybridized carbons (Fsp3) is 0.0667. The highest BCUT2D eigenvalue weighted by atomic mass is 35.5. The maximum Gasteiger partial charge on any atom is 0.345 e. The Bertz CT molecular complexity index is 787. The van der Waals surface area contributed by atoms with Gasteiger partial charge in [0, 0.05) is 6.07 Å². The molecule has 2 aromatic carbocycles. The molecule has 4 nitrogen and oxygen atoms in total. The first-order valence-electron chi connectivity index (χ1n) is 5.91. The summed E-state index contributed by atoms with van der Waals surface area (Å²) >= 11 is 11.4. The fourth-order valence-corrected chi connectivity index (χ4v) is 2.12. The molecule has 0 fully saturated rings. The van der Waals surface area contributed by atoms with Crippen LogP contribution in [0.5, 0.6) is 11.5 Å². The van der Waals surface area contributed by atoms with Crippen LogP contribution in [0.15, 0.2) is 30.3 Å². The SMILES string of the molecule is COc1cc(C#N)ccc1OC(=O)c1cc(F)c(Cl)cc1Cl. The summed E-state index contributed by atoms with van der Waals surface area (Å²) in [5.41, 5.74) is 0.169. The van der Waals surface area contributed by atoms with Crippen LogP contribution in [0.3, 0.4) is 0 Å². The molecule has 112 valence electrons. The van der Waals surface area contributed by atoms with E-state index >= 15 is 0 Å². The van der Waals surface area contributed by atoms with Crippen molar-refractivity contribution in [3.05, 3.63) is 57.3 Å². The third-order valence-electron chi connectivity index (χ3n) is 2.73. The normalized spacial score (nSPS) is 9.95. The van der Waals surface area contributed by atoms with Gasteiger partial charge in [0.15, 0.2) is 11.5 Å². The molecule has 2 aromatic rings. The summed E-state index contributed by atoms with van der Waals surface area (Å²) in [5.74, 6) is -1.38. The maximum absolute atomic E-state index is 13.4. The van der Waals surface area contributed by atoms with Gasteiger partial charge in [-0.3, -0.25) is 0 Å². The van der Waals surface area contributed by atoms with E-state index in [2.05, 4.69) is 0 Å². The Balaban J connectivity index is 2.34. The van der Waals surface area contributed by atoms with Crippen molar-refractivity contribution in [1.29, 1.82) is 5.26 Å². The topological polar surface area (TPSA) is 59.3 Å². The predicted molar refractivity (Wildman–Crippen MR) is 79.1 cm³/mol. The summed E-state index contributed by atoms with van der Waals surface area (Å²) in [6, 6.07) is 8.20. The van der Waals surface area contributed by atoms with Crippen LogP contribution in [0, 0.1) is 17.1 Å². The first-order valence-corrected chi connectivity index (χ1v) is 6.66. The summed E-state index contributed by atoms with van der Waals surface area (Å²) in [6.07, 6.45) is 0.